The first-order chi connectivity index (χ1) is 13.3. The molecule has 4 rings (SSSR count). The number of rotatable bonds is 4. The molecule has 0 aliphatic rings. The van der Waals surface area contributed by atoms with Crippen LogP contribution in [0.15, 0.2) is 71.9 Å². The molecule has 0 aliphatic carbocycles. The topological polar surface area (TPSA) is 90.4 Å². The van der Waals surface area contributed by atoms with Crippen LogP contribution in [0.5, 0.6) is 0 Å². The second-order valence-electron chi connectivity index (χ2n) is 5.91. The molecule has 0 aliphatic heterocycles. The largest absolute Gasteiger partial charge is 0.619 e. The lowest BCUT2D eigenvalue weighted by atomic mass is 10.2. The highest BCUT2D eigenvalue weighted by Gasteiger charge is 2.18. The van der Waals surface area contributed by atoms with E-state index in [4.69, 9.17) is 11.6 Å². The second kappa shape index (κ2) is 6.77. The molecule has 0 atom stereocenters. The van der Waals surface area contributed by atoms with Gasteiger partial charge < -0.3 is 5.21 Å². The van der Waals surface area contributed by atoms with Crippen LogP contribution in [0.1, 0.15) is 0 Å². The van der Waals surface area contributed by atoms with Crippen LogP contribution >= 0.6 is 11.6 Å². The van der Waals surface area contributed by atoms with E-state index in [-0.39, 0.29) is 10.7 Å². The summed E-state index contributed by atoms with van der Waals surface area (Å²) < 4.78 is 42.7. The number of sulfonamides is 1. The third-order valence-electron chi connectivity index (χ3n) is 4.00. The Morgan fingerprint density at radius 2 is 1.89 bits per heavy atom. The quantitative estimate of drug-likeness (QED) is 0.407. The van der Waals surface area contributed by atoms with Crippen molar-refractivity contribution in [1.29, 1.82) is 0 Å². The average molecular weight is 419 g/mol. The number of anilines is 1. The molecular weight excluding hydrogens is 407 g/mol. The predicted molar refractivity (Wildman–Crippen MR) is 102 cm³/mol. The van der Waals surface area contributed by atoms with Crippen molar-refractivity contribution < 1.29 is 17.5 Å². The zero-order chi connectivity index (χ0) is 19.9. The molecule has 1 aromatic carbocycles. The molecule has 0 unspecified atom stereocenters. The average Bonchev–Trinajstić information content (AvgIpc) is 3.11. The van der Waals surface area contributed by atoms with Gasteiger partial charge in [-0.2, -0.15) is 9.83 Å². The van der Waals surface area contributed by atoms with Gasteiger partial charge in [0.2, 0.25) is 0 Å². The molecule has 0 fully saturated rings. The number of hydrogen-bond acceptors (Lipinski definition) is 4. The Balaban J connectivity index is 1.79. The fraction of sp³-hybridized carbons (Fsp3) is 0. The van der Waals surface area contributed by atoms with E-state index in [2.05, 4.69) is 9.82 Å². The Morgan fingerprint density at radius 1 is 1.14 bits per heavy atom. The van der Waals surface area contributed by atoms with Crippen molar-refractivity contribution in [3.05, 3.63) is 83.0 Å². The van der Waals surface area contributed by atoms with Crippen molar-refractivity contribution in [3.8, 4) is 11.3 Å². The van der Waals surface area contributed by atoms with Crippen molar-refractivity contribution in [2.45, 2.75) is 4.90 Å². The van der Waals surface area contributed by atoms with Crippen molar-refractivity contribution in [1.82, 2.24) is 9.61 Å². The lowest BCUT2D eigenvalue weighted by Gasteiger charge is -2.10. The molecule has 10 heteroatoms. The Bertz CT molecular complexity index is 1290. The van der Waals surface area contributed by atoms with E-state index >= 15 is 0 Å². The van der Waals surface area contributed by atoms with Gasteiger partial charge in [-0.15, -0.1) is 0 Å². The minimum absolute atomic E-state index is 0.0974. The van der Waals surface area contributed by atoms with Gasteiger partial charge in [0.25, 0.3) is 10.0 Å². The van der Waals surface area contributed by atoms with Crippen LogP contribution in [0, 0.1) is 11.0 Å². The fourth-order valence-corrected chi connectivity index (χ4v) is 3.92. The van der Waals surface area contributed by atoms with Crippen molar-refractivity contribution in [2.75, 3.05) is 4.72 Å². The maximum atomic E-state index is 13.1. The minimum Gasteiger partial charge on any atom is -0.619 e. The molecule has 3 heterocycles. The van der Waals surface area contributed by atoms with Gasteiger partial charge in [-0.3, -0.25) is 4.72 Å². The molecule has 0 spiro atoms. The van der Waals surface area contributed by atoms with Gasteiger partial charge in [-0.05, 0) is 48.5 Å². The molecule has 3 aromatic heterocycles. The van der Waals surface area contributed by atoms with E-state index < -0.39 is 15.8 Å². The summed E-state index contributed by atoms with van der Waals surface area (Å²) >= 11 is 6.22. The summed E-state index contributed by atoms with van der Waals surface area (Å²) in [5.74, 6) is -0.399. The van der Waals surface area contributed by atoms with Crippen molar-refractivity contribution in [3.63, 3.8) is 0 Å². The van der Waals surface area contributed by atoms with Crippen LogP contribution in [0.2, 0.25) is 5.02 Å². The summed E-state index contributed by atoms with van der Waals surface area (Å²) in [4.78, 5) is -0.0974. The van der Waals surface area contributed by atoms with Gasteiger partial charge in [0.15, 0.2) is 12.4 Å². The number of benzene rings is 1. The Morgan fingerprint density at radius 3 is 2.61 bits per heavy atom. The van der Waals surface area contributed by atoms with Gasteiger partial charge in [0.05, 0.1) is 26.7 Å². The van der Waals surface area contributed by atoms with Gasteiger partial charge >= 0.3 is 0 Å². The molecule has 0 saturated heterocycles. The maximum Gasteiger partial charge on any atom is 0.263 e. The highest BCUT2D eigenvalue weighted by molar-refractivity contribution is 7.92. The SMILES string of the molecule is O=S(=O)(Nc1ccc(Cl)c2cc(-c3ccc[n+]([O-])c3)nn12)c1ccc(F)cc1. The predicted octanol–water partition coefficient (Wildman–Crippen LogP) is 3.23. The lowest BCUT2D eigenvalue weighted by molar-refractivity contribution is -0.604. The smallest absolute Gasteiger partial charge is 0.263 e. The van der Waals surface area contributed by atoms with Crippen molar-refractivity contribution >= 4 is 33.0 Å². The lowest BCUT2D eigenvalue weighted by Crippen LogP contribution is -2.23. The number of hydrogen-bond donors (Lipinski definition) is 1. The first kappa shape index (κ1) is 18.2. The van der Waals surface area contributed by atoms with Gasteiger partial charge in [-0.25, -0.2) is 17.3 Å². The molecule has 0 saturated carbocycles. The first-order valence-electron chi connectivity index (χ1n) is 7.99. The van der Waals surface area contributed by atoms with E-state index in [1.807, 2.05) is 0 Å². The van der Waals surface area contributed by atoms with E-state index in [0.29, 0.717) is 26.5 Å². The Labute approximate surface area is 164 Å². The van der Waals surface area contributed by atoms with E-state index in [9.17, 15) is 18.0 Å². The zero-order valence-corrected chi connectivity index (χ0v) is 15.7. The summed E-state index contributed by atoms with van der Waals surface area (Å²) in [5, 5.41) is 16.2. The number of nitrogens with one attached hydrogen (secondary N) is 1. The number of aromatic nitrogens is 3. The normalized spacial score (nSPS) is 11.6. The van der Waals surface area contributed by atoms with Crippen molar-refractivity contribution in [2.24, 2.45) is 0 Å². The summed E-state index contributed by atoms with van der Waals surface area (Å²) in [7, 11) is -3.97. The van der Waals surface area contributed by atoms with E-state index in [1.54, 1.807) is 18.2 Å². The highest BCUT2D eigenvalue weighted by atomic mass is 35.5. The van der Waals surface area contributed by atoms with Crippen LogP contribution in [0.25, 0.3) is 16.8 Å². The van der Waals surface area contributed by atoms with E-state index in [1.165, 1.54) is 29.0 Å². The standard InChI is InChI=1S/C18H12ClFN4O3S/c19-15-7-8-18(22-28(26,27)14-5-3-13(20)4-6-14)24-17(15)10-16(21-24)12-2-1-9-23(25)11-12/h1-11,22H. The molecule has 7 nitrogen and oxygen atoms in total. The highest BCUT2D eigenvalue weighted by Crippen LogP contribution is 2.27. The first-order valence-corrected chi connectivity index (χ1v) is 9.85. The van der Waals surface area contributed by atoms with Crippen LogP contribution in [0.3, 0.4) is 0 Å². The van der Waals surface area contributed by atoms with Gasteiger partial charge in [0, 0.05) is 6.07 Å². The monoisotopic (exact) mass is 418 g/mol. The van der Waals surface area contributed by atoms with Crippen LogP contribution in [-0.4, -0.2) is 18.0 Å². The summed E-state index contributed by atoms with van der Waals surface area (Å²) in [6.07, 6.45) is 2.69. The van der Waals surface area contributed by atoms with Crippen LogP contribution < -0.4 is 9.45 Å². The molecule has 1 N–H and O–H groups in total. The molecule has 0 amide bonds. The molecule has 0 bridgehead atoms. The van der Waals surface area contributed by atoms with Gasteiger partial charge in [0.1, 0.15) is 11.6 Å². The zero-order valence-electron chi connectivity index (χ0n) is 14.1. The molecule has 142 valence electrons. The maximum absolute atomic E-state index is 13.1. The van der Waals surface area contributed by atoms with Crippen LogP contribution in [-0.2, 0) is 10.0 Å². The fourth-order valence-electron chi connectivity index (χ4n) is 2.68. The molecular formula is C18H12ClFN4O3S. The van der Waals surface area contributed by atoms with Crippen LogP contribution in [0.4, 0.5) is 10.2 Å². The molecule has 4 aromatic rings. The third-order valence-corrected chi connectivity index (χ3v) is 5.69. The number of fused-ring (bicyclic) bond motifs is 1. The molecule has 28 heavy (non-hydrogen) atoms. The summed E-state index contributed by atoms with van der Waals surface area (Å²) in [6.45, 7) is 0. The summed E-state index contributed by atoms with van der Waals surface area (Å²) in [6, 6.07) is 12.4. The summed E-state index contributed by atoms with van der Waals surface area (Å²) in [5.41, 5.74) is 1.45. The molecule has 0 radical (unpaired) electrons. The Kier molecular flexibility index (Phi) is 4.40. The Hall–Kier alpha value is -3.17. The third kappa shape index (κ3) is 3.37. The number of halogens is 2. The number of nitrogens with zero attached hydrogens (tertiary/aromatic N) is 3. The second-order valence-corrected chi connectivity index (χ2v) is 7.99. The minimum atomic E-state index is -3.97. The van der Waals surface area contributed by atoms with E-state index in [0.717, 1.165) is 24.3 Å². The van der Waals surface area contributed by atoms with Gasteiger partial charge in [-0.1, -0.05) is 11.6 Å². The number of pyridine rings is 2.